The number of benzene rings is 2. The molecule has 7 nitrogen and oxygen atoms in total. The molecule has 0 spiro atoms. The van der Waals surface area contributed by atoms with Crippen LogP contribution in [0.2, 0.25) is 0 Å². The van der Waals surface area contributed by atoms with Gasteiger partial charge in [-0.3, -0.25) is 10.1 Å². The van der Waals surface area contributed by atoms with E-state index < -0.39 is 10.9 Å². The van der Waals surface area contributed by atoms with Crippen molar-refractivity contribution < 1.29 is 19.3 Å². The second kappa shape index (κ2) is 8.57. The SMILES string of the molecule is C=C(C)C(=O)O/N=C(\C)c1ccc(OCc2ccc([N+](=O)[O-])cc2)cc1. The molecule has 0 aromatic heterocycles. The molecule has 0 saturated heterocycles. The van der Waals surface area contributed by atoms with Crippen LogP contribution >= 0.6 is 0 Å². The van der Waals surface area contributed by atoms with Crippen molar-refractivity contribution in [3.8, 4) is 5.75 Å². The normalized spacial score (nSPS) is 10.9. The lowest BCUT2D eigenvalue weighted by molar-refractivity contribution is -0.384. The molecule has 7 heteroatoms. The van der Waals surface area contributed by atoms with Gasteiger partial charge in [0.15, 0.2) is 0 Å². The summed E-state index contributed by atoms with van der Waals surface area (Å²) in [4.78, 5) is 26.3. The zero-order valence-corrected chi connectivity index (χ0v) is 14.5. The van der Waals surface area contributed by atoms with Crippen LogP contribution in [0, 0.1) is 10.1 Å². The van der Waals surface area contributed by atoms with Gasteiger partial charge in [0.2, 0.25) is 0 Å². The summed E-state index contributed by atoms with van der Waals surface area (Å²) in [6.07, 6.45) is 0. The van der Waals surface area contributed by atoms with E-state index in [0.29, 0.717) is 18.1 Å². The number of non-ortho nitro benzene ring substituents is 1. The van der Waals surface area contributed by atoms with Crippen LogP contribution < -0.4 is 4.74 Å². The average molecular weight is 354 g/mol. The van der Waals surface area contributed by atoms with Gasteiger partial charge in [0, 0.05) is 17.7 Å². The number of nitrogens with zero attached hydrogens (tertiary/aromatic N) is 2. The Bertz CT molecular complexity index is 839. The van der Waals surface area contributed by atoms with Crippen LogP contribution in [0.1, 0.15) is 25.0 Å². The number of oxime groups is 1. The maximum atomic E-state index is 11.3. The number of hydrogen-bond donors (Lipinski definition) is 0. The van der Waals surface area contributed by atoms with Gasteiger partial charge < -0.3 is 9.57 Å². The van der Waals surface area contributed by atoms with Gasteiger partial charge in [-0.25, -0.2) is 4.79 Å². The number of carbonyl (C=O) groups excluding carboxylic acids is 1. The first-order chi connectivity index (χ1) is 12.4. The number of carbonyl (C=O) groups is 1. The van der Waals surface area contributed by atoms with Crippen LogP contribution in [0.4, 0.5) is 5.69 Å². The Kier molecular flexibility index (Phi) is 6.21. The third kappa shape index (κ3) is 5.27. The molecular weight excluding hydrogens is 336 g/mol. The summed E-state index contributed by atoms with van der Waals surface area (Å²) in [6.45, 7) is 7.04. The van der Waals surface area contributed by atoms with E-state index in [1.807, 2.05) is 0 Å². The lowest BCUT2D eigenvalue weighted by Crippen LogP contribution is -2.03. The predicted molar refractivity (Wildman–Crippen MR) is 97.0 cm³/mol. The molecular formula is C19H18N2O5. The summed E-state index contributed by atoms with van der Waals surface area (Å²) in [7, 11) is 0. The summed E-state index contributed by atoms with van der Waals surface area (Å²) < 4.78 is 5.65. The Balaban J connectivity index is 1.94. The Hall–Kier alpha value is -3.48. The van der Waals surface area contributed by atoms with Gasteiger partial charge in [0.1, 0.15) is 12.4 Å². The highest BCUT2D eigenvalue weighted by atomic mass is 16.7. The Morgan fingerprint density at radius 3 is 2.27 bits per heavy atom. The van der Waals surface area contributed by atoms with Gasteiger partial charge in [-0.1, -0.05) is 11.7 Å². The van der Waals surface area contributed by atoms with Crippen molar-refractivity contribution in [2.45, 2.75) is 20.5 Å². The second-order valence-electron chi connectivity index (χ2n) is 5.57. The van der Waals surface area contributed by atoms with Crippen LogP contribution in [0.5, 0.6) is 5.75 Å². The minimum absolute atomic E-state index is 0.0419. The van der Waals surface area contributed by atoms with Crippen LogP contribution in [-0.2, 0) is 16.2 Å². The minimum atomic E-state index is -0.576. The standard InChI is InChI=1S/C19H18N2O5/c1-13(2)19(22)26-20-14(3)16-6-10-18(11-7-16)25-12-15-4-8-17(9-5-15)21(23)24/h4-11H,1,12H2,2-3H3/b20-14+. The Morgan fingerprint density at radius 2 is 1.73 bits per heavy atom. The van der Waals surface area contributed by atoms with Gasteiger partial charge in [-0.05, 0) is 61.4 Å². The highest BCUT2D eigenvalue weighted by Gasteiger charge is 2.06. The first-order valence-electron chi connectivity index (χ1n) is 7.75. The zero-order chi connectivity index (χ0) is 19.1. The highest BCUT2D eigenvalue weighted by molar-refractivity contribution is 5.99. The van der Waals surface area contributed by atoms with Crippen molar-refractivity contribution in [3.63, 3.8) is 0 Å². The van der Waals surface area contributed by atoms with Crippen LogP contribution in [0.15, 0.2) is 65.8 Å². The van der Waals surface area contributed by atoms with Gasteiger partial charge in [0.25, 0.3) is 5.69 Å². The Morgan fingerprint density at radius 1 is 1.12 bits per heavy atom. The molecule has 26 heavy (non-hydrogen) atoms. The van der Waals surface area contributed by atoms with Crippen LogP contribution in [0.25, 0.3) is 0 Å². The maximum Gasteiger partial charge on any atom is 0.360 e. The lowest BCUT2D eigenvalue weighted by Gasteiger charge is -2.07. The molecule has 0 aliphatic carbocycles. The third-order valence-electron chi connectivity index (χ3n) is 3.44. The van der Waals surface area contributed by atoms with Gasteiger partial charge in [-0.15, -0.1) is 0 Å². The molecule has 0 bridgehead atoms. The molecule has 2 aromatic carbocycles. The fraction of sp³-hybridized carbons (Fsp3) is 0.158. The van der Waals surface area contributed by atoms with E-state index in [1.165, 1.54) is 12.1 Å². The maximum absolute atomic E-state index is 11.3. The van der Waals surface area contributed by atoms with E-state index in [4.69, 9.17) is 9.57 Å². The van der Waals surface area contributed by atoms with Gasteiger partial charge in [0.05, 0.1) is 10.6 Å². The first-order valence-corrected chi connectivity index (χ1v) is 7.75. The Labute approximate surface area is 150 Å². The molecule has 0 unspecified atom stereocenters. The van der Waals surface area contributed by atoms with Crippen molar-refractivity contribution in [1.82, 2.24) is 0 Å². The molecule has 0 fully saturated rings. The minimum Gasteiger partial charge on any atom is -0.489 e. The number of hydrogen-bond acceptors (Lipinski definition) is 6. The first kappa shape index (κ1) is 18.9. The van der Waals surface area contributed by atoms with E-state index >= 15 is 0 Å². The molecule has 0 aliphatic heterocycles. The van der Waals surface area contributed by atoms with E-state index in [0.717, 1.165) is 11.1 Å². The summed E-state index contributed by atoms with van der Waals surface area (Å²) in [5.41, 5.74) is 2.46. The smallest absolute Gasteiger partial charge is 0.360 e. The molecule has 0 N–H and O–H groups in total. The van der Waals surface area contributed by atoms with Gasteiger partial charge >= 0.3 is 5.97 Å². The summed E-state index contributed by atoms with van der Waals surface area (Å²) in [5, 5.41) is 14.4. The van der Waals surface area contributed by atoms with Crippen molar-refractivity contribution >= 4 is 17.4 Å². The predicted octanol–water partition coefficient (Wildman–Crippen LogP) is 4.02. The molecule has 0 saturated carbocycles. The number of rotatable bonds is 7. The van der Waals surface area contributed by atoms with E-state index in [-0.39, 0.29) is 11.3 Å². The van der Waals surface area contributed by atoms with E-state index in [2.05, 4.69) is 11.7 Å². The third-order valence-corrected chi connectivity index (χ3v) is 3.44. The van der Waals surface area contributed by atoms with Crippen LogP contribution in [0.3, 0.4) is 0 Å². The van der Waals surface area contributed by atoms with Crippen molar-refractivity contribution in [3.05, 3.63) is 81.9 Å². The topological polar surface area (TPSA) is 91.0 Å². The number of nitro benzene ring substituents is 1. The van der Waals surface area contributed by atoms with Crippen molar-refractivity contribution in [1.29, 1.82) is 0 Å². The molecule has 0 radical (unpaired) electrons. The molecule has 134 valence electrons. The molecule has 2 rings (SSSR count). The quantitative estimate of drug-likeness (QED) is 0.246. The number of ether oxygens (including phenoxy) is 1. The average Bonchev–Trinajstić information content (AvgIpc) is 2.64. The summed E-state index contributed by atoms with van der Waals surface area (Å²) in [5.74, 6) is 0.0613. The largest absolute Gasteiger partial charge is 0.489 e. The van der Waals surface area contributed by atoms with Crippen molar-refractivity contribution in [2.75, 3.05) is 0 Å². The zero-order valence-electron chi connectivity index (χ0n) is 14.5. The molecule has 0 aliphatic rings. The van der Waals surface area contributed by atoms with Crippen molar-refractivity contribution in [2.24, 2.45) is 5.16 Å². The second-order valence-corrected chi connectivity index (χ2v) is 5.57. The molecule has 0 atom stereocenters. The molecule has 2 aromatic rings. The molecule has 0 amide bonds. The van der Waals surface area contributed by atoms with E-state index in [9.17, 15) is 14.9 Å². The number of nitro groups is 1. The highest BCUT2D eigenvalue weighted by Crippen LogP contribution is 2.17. The van der Waals surface area contributed by atoms with E-state index in [1.54, 1.807) is 50.2 Å². The van der Waals surface area contributed by atoms with Gasteiger partial charge in [-0.2, -0.15) is 0 Å². The fourth-order valence-electron chi connectivity index (χ4n) is 1.91. The summed E-state index contributed by atoms with van der Waals surface area (Å²) >= 11 is 0. The monoisotopic (exact) mass is 354 g/mol. The lowest BCUT2D eigenvalue weighted by atomic mass is 10.1. The molecule has 0 heterocycles. The van der Waals surface area contributed by atoms with Crippen LogP contribution in [-0.4, -0.2) is 16.6 Å². The fourth-order valence-corrected chi connectivity index (χ4v) is 1.91. The summed E-state index contributed by atoms with van der Waals surface area (Å²) in [6, 6.07) is 13.3.